The Labute approximate surface area is 135 Å². The number of ether oxygens (including phenoxy) is 3. The summed E-state index contributed by atoms with van der Waals surface area (Å²) in [6.45, 7) is 3.43. The van der Waals surface area contributed by atoms with Gasteiger partial charge in [0.05, 0.1) is 0 Å². The Bertz CT molecular complexity index is 588. The highest BCUT2D eigenvalue weighted by Crippen LogP contribution is 2.31. The molecular formula is C17H21NO5. The van der Waals surface area contributed by atoms with Crippen molar-refractivity contribution in [3.8, 4) is 11.5 Å². The summed E-state index contributed by atoms with van der Waals surface area (Å²) in [5.41, 5.74) is 0. The van der Waals surface area contributed by atoms with Crippen LogP contribution in [0.5, 0.6) is 11.5 Å². The van der Waals surface area contributed by atoms with Crippen molar-refractivity contribution in [2.45, 2.75) is 25.9 Å². The van der Waals surface area contributed by atoms with E-state index in [1.165, 1.54) is 0 Å². The van der Waals surface area contributed by atoms with Crippen LogP contribution in [0, 0.1) is 5.92 Å². The fourth-order valence-electron chi connectivity index (χ4n) is 2.87. The van der Waals surface area contributed by atoms with Gasteiger partial charge >= 0.3 is 5.97 Å². The fourth-order valence-corrected chi connectivity index (χ4v) is 2.87. The first-order valence-corrected chi connectivity index (χ1v) is 7.96. The first kappa shape index (κ1) is 15.6. The Hall–Kier alpha value is -2.24. The number of hydrogen-bond acceptors (Lipinski definition) is 5. The van der Waals surface area contributed by atoms with E-state index in [-0.39, 0.29) is 19.1 Å². The minimum absolute atomic E-state index is 0.0881. The van der Waals surface area contributed by atoms with Crippen molar-refractivity contribution in [1.29, 1.82) is 0 Å². The van der Waals surface area contributed by atoms with Gasteiger partial charge in [-0.2, -0.15) is 0 Å². The minimum atomic E-state index is -0.835. The average Bonchev–Trinajstić information content (AvgIpc) is 2.59. The van der Waals surface area contributed by atoms with Gasteiger partial charge in [-0.25, -0.2) is 4.79 Å². The number of rotatable bonds is 3. The zero-order chi connectivity index (χ0) is 16.2. The highest BCUT2D eigenvalue weighted by Gasteiger charge is 2.30. The van der Waals surface area contributed by atoms with Crippen LogP contribution in [0.25, 0.3) is 0 Å². The normalized spacial score (nSPS) is 23.3. The largest absolute Gasteiger partial charge is 0.485 e. The molecule has 2 heterocycles. The molecule has 1 aromatic carbocycles. The number of carbonyl (C=O) groups is 2. The lowest BCUT2D eigenvalue weighted by molar-refractivity contribution is -0.160. The summed E-state index contributed by atoms with van der Waals surface area (Å²) in [5, 5.41) is 0. The van der Waals surface area contributed by atoms with E-state index in [1.54, 1.807) is 23.1 Å². The summed E-state index contributed by atoms with van der Waals surface area (Å²) in [6.07, 6.45) is 1.30. The number of likely N-dealkylation sites (tertiary alicyclic amines) is 1. The number of amides is 1. The van der Waals surface area contributed by atoms with Crippen molar-refractivity contribution in [3.05, 3.63) is 24.3 Å². The average molecular weight is 319 g/mol. The molecule has 1 fully saturated rings. The van der Waals surface area contributed by atoms with Crippen LogP contribution in [0.15, 0.2) is 24.3 Å². The molecule has 0 radical (unpaired) electrons. The topological polar surface area (TPSA) is 65.1 Å². The molecular weight excluding hydrogens is 298 g/mol. The molecule has 0 bridgehead atoms. The Morgan fingerprint density at radius 2 is 2.09 bits per heavy atom. The van der Waals surface area contributed by atoms with E-state index in [9.17, 15) is 9.59 Å². The molecule has 0 aromatic heterocycles. The lowest BCUT2D eigenvalue weighted by atomic mass is 10.0. The minimum Gasteiger partial charge on any atom is -0.485 e. The number of nitrogens with zero attached hydrogens (tertiary/aromatic N) is 1. The number of fused-ring (bicyclic) bond motifs is 1. The predicted octanol–water partition coefficient (Wildman–Crippen LogP) is 1.63. The molecule has 0 N–H and O–H groups in total. The van der Waals surface area contributed by atoms with Crippen molar-refractivity contribution in [2.24, 2.45) is 5.92 Å². The van der Waals surface area contributed by atoms with E-state index in [2.05, 4.69) is 6.92 Å². The van der Waals surface area contributed by atoms with Gasteiger partial charge in [-0.3, -0.25) is 4.79 Å². The molecule has 23 heavy (non-hydrogen) atoms. The van der Waals surface area contributed by atoms with Crippen molar-refractivity contribution in [3.63, 3.8) is 0 Å². The molecule has 124 valence electrons. The second kappa shape index (κ2) is 6.89. The molecule has 2 aliphatic rings. The third-order valence-electron chi connectivity index (χ3n) is 4.12. The van der Waals surface area contributed by atoms with Crippen molar-refractivity contribution in [1.82, 2.24) is 4.90 Å². The monoisotopic (exact) mass is 319 g/mol. The summed E-state index contributed by atoms with van der Waals surface area (Å²) in [6, 6.07) is 7.14. The van der Waals surface area contributed by atoms with Crippen LogP contribution in [0.3, 0.4) is 0 Å². The smallest absolute Gasteiger partial charge is 0.351 e. The zero-order valence-corrected chi connectivity index (χ0v) is 13.2. The molecule has 0 saturated carbocycles. The summed E-state index contributed by atoms with van der Waals surface area (Å²) in [5.74, 6) is 0.890. The van der Waals surface area contributed by atoms with E-state index >= 15 is 0 Å². The number of benzene rings is 1. The molecule has 2 aliphatic heterocycles. The zero-order valence-electron chi connectivity index (χ0n) is 13.2. The summed E-state index contributed by atoms with van der Waals surface area (Å²) in [4.78, 5) is 25.9. The first-order chi connectivity index (χ1) is 11.1. The Morgan fingerprint density at radius 3 is 2.87 bits per heavy atom. The number of para-hydroxylation sites is 2. The van der Waals surface area contributed by atoms with Crippen molar-refractivity contribution >= 4 is 11.9 Å². The Balaban J connectivity index is 1.49. The molecule has 6 heteroatoms. The second-order valence-corrected chi connectivity index (χ2v) is 6.06. The van der Waals surface area contributed by atoms with Crippen LogP contribution >= 0.6 is 0 Å². The third-order valence-corrected chi connectivity index (χ3v) is 4.12. The molecule has 1 amide bonds. The van der Waals surface area contributed by atoms with Gasteiger partial charge in [0.2, 0.25) is 6.10 Å². The van der Waals surface area contributed by atoms with Crippen LogP contribution in [0.1, 0.15) is 19.8 Å². The Morgan fingerprint density at radius 1 is 1.30 bits per heavy atom. The highest BCUT2D eigenvalue weighted by molar-refractivity contribution is 5.82. The van der Waals surface area contributed by atoms with Crippen LogP contribution < -0.4 is 9.47 Å². The van der Waals surface area contributed by atoms with Crippen LogP contribution in [0.4, 0.5) is 0 Å². The standard InChI is InChI=1S/C17H21NO5/c1-12-5-4-8-18(9-12)16(19)11-22-17(20)15-10-21-13-6-2-3-7-14(13)23-15/h2-3,6-7,12,15H,4-5,8-11H2,1H3/t12-,15+/m1/s1. The predicted molar refractivity (Wildman–Crippen MR) is 82.3 cm³/mol. The van der Waals surface area contributed by atoms with E-state index in [1.807, 2.05) is 6.07 Å². The van der Waals surface area contributed by atoms with E-state index < -0.39 is 12.1 Å². The van der Waals surface area contributed by atoms with Gasteiger partial charge in [0, 0.05) is 13.1 Å². The van der Waals surface area contributed by atoms with Gasteiger partial charge in [-0.15, -0.1) is 0 Å². The maximum Gasteiger partial charge on any atom is 0.351 e. The summed E-state index contributed by atoms with van der Waals surface area (Å²) >= 11 is 0. The number of carbonyl (C=O) groups excluding carboxylic acids is 2. The van der Waals surface area contributed by atoms with Crippen molar-refractivity contribution < 1.29 is 23.8 Å². The van der Waals surface area contributed by atoms with Gasteiger partial charge in [-0.1, -0.05) is 19.1 Å². The van der Waals surface area contributed by atoms with Gasteiger partial charge in [0.1, 0.15) is 6.61 Å². The van der Waals surface area contributed by atoms with E-state index in [0.717, 1.165) is 25.9 Å². The molecule has 0 unspecified atom stereocenters. The highest BCUT2D eigenvalue weighted by atomic mass is 16.6. The van der Waals surface area contributed by atoms with Crippen LogP contribution in [-0.4, -0.2) is 49.2 Å². The lowest BCUT2D eigenvalue weighted by Crippen LogP contribution is -2.43. The SMILES string of the molecule is C[C@@H]1CCCN(C(=O)COC(=O)[C@@H]2COc3ccccc3O2)C1. The second-order valence-electron chi connectivity index (χ2n) is 6.06. The first-order valence-electron chi connectivity index (χ1n) is 7.96. The van der Waals surface area contributed by atoms with E-state index in [0.29, 0.717) is 17.4 Å². The third kappa shape index (κ3) is 3.75. The van der Waals surface area contributed by atoms with Crippen LogP contribution in [-0.2, 0) is 14.3 Å². The number of piperidine rings is 1. The van der Waals surface area contributed by atoms with Crippen molar-refractivity contribution in [2.75, 3.05) is 26.3 Å². The molecule has 0 aliphatic carbocycles. The Kier molecular flexibility index (Phi) is 4.69. The summed E-state index contributed by atoms with van der Waals surface area (Å²) < 4.78 is 16.1. The van der Waals surface area contributed by atoms with Crippen LogP contribution in [0.2, 0.25) is 0 Å². The maximum absolute atomic E-state index is 12.1. The molecule has 0 spiro atoms. The van der Waals surface area contributed by atoms with Gasteiger partial charge in [-0.05, 0) is 30.9 Å². The molecule has 6 nitrogen and oxygen atoms in total. The van der Waals surface area contributed by atoms with Gasteiger partial charge in [0.25, 0.3) is 5.91 Å². The number of esters is 1. The van der Waals surface area contributed by atoms with Gasteiger partial charge in [0.15, 0.2) is 18.1 Å². The maximum atomic E-state index is 12.1. The van der Waals surface area contributed by atoms with Gasteiger partial charge < -0.3 is 19.1 Å². The molecule has 1 aromatic rings. The number of hydrogen-bond donors (Lipinski definition) is 0. The molecule has 3 rings (SSSR count). The molecule has 2 atom stereocenters. The quantitative estimate of drug-likeness (QED) is 0.792. The fraction of sp³-hybridized carbons (Fsp3) is 0.529. The summed E-state index contributed by atoms with van der Waals surface area (Å²) in [7, 11) is 0. The lowest BCUT2D eigenvalue weighted by Gasteiger charge is -2.31. The molecule has 1 saturated heterocycles. The van der Waals surface area contributed by atoms with E-state index in [4.69, 9.17) is 14.2 Å².